The first-order valence-electron chi connectivity index (χ1n) is 9.42. The lowest BCUT2D eigenvalue weighted by Crippen LogP contribution is -2.39. The average molecular weight is 366 g/mol. The van der Waals surface area contributed by atoms with Crippen LogP contribution in [0.3, 0.4) is 0 Å². The molecule has 1 aromatic carbocycles. The van der Waals surface area contributed by atoms with Crippen molar-refractivity contribution in [3.63, 3.8) is 0 Å². The summed E-state index contributed by atoms with van der Waals surface area (Å²) < 4.78 is 1.75. The Morgan fingerprint density at radius 1 is 1.30 bits per heavy atom. The number of carbonyl (C=O) groups excluding carboxylic acids is 1. The van der Waals surface area contributed by atoms with Crippen LogP contribution in [0.4, 0.5) is 0 Å². The second kappa shape index (κ2) is 7.29. The van der Waals surface area contributed by atoms with Gasteiger partial charge in [-0.3, -0.25) is 9.69 Å². The highest BCUT2D eigenvalue weighted by Gasteiger charge is 2.53. The number of hydrogen-bond donors (Lipinski definition) is 1. The summed E-state index contributed by atoms with van der Waals surface area (Å²) in [6.07, 6.45) is 7.58. The topological polar surface area (TPSA) is 61.6 Å². The largest absolute Gasteiger partial charge is 0.396 e. The minimum atomic E-state index is -0.213. The van der Waals surface area contributed by atoms with Crippen LogP contribution in [0.15, 0.2) is 48.9 Å². The lowest BCUT2D eigenvalue weighted by molar-refractivity contribution is 0.0715. The number of imidazole rings is 1. The van der Waals surface area contributed by atoms with E-state index in [9.17, 15) is 9.90 Å². The molecule has 0 saturated carbocycles. The van der Waals surface area contributed by atoms with E-state index in [1.165, 1.54) is 5.56 Å². The third kappa shape index (κ3) is 3.42. The number of likely N-dealkylation sites (tertiary alicyclic amines) is 2. The monoisotopic (exact) mass is 366 g/mol. The van der Waals surface area contributed by atoms with Gasteiger partial charge in [0.25, 0.3) is 5.91 Å². The summed E-state index contributed by atoms with van der Waals surface area (Å²) in [5.74, 6) is 0.317. The minimum Gasteiger partial charge on any atom is -0.396 e. The number of carbonyl (C=O) groups is 1. The quantitative estimate of drug-likeness (QED) is 0.871. The summed E-state index contributed by atoms with van der Waals surface area (Å²) in [6, 6.07) is 10.3. The van der Waals surface area contributed by atoms with E-state index >= 15 is 0 Å². The van der Waals surface area contributed by atoms with Gasteiger partial charge in [0.15, 0.2) is 0 Å². The predicted octanol–water partition coefficient (Wildman–Crippen LogP) is 1.50. The molecule has 27 heavy (non-hydrogen) atoms. The maximum absolute atomic E-state index is 12.8. The number of hydrogen-bond acceptors (Lipinski definition) is 4. The molecule has 2 aromatic rings. The number of aliphatic hydroxyl groups is 1. The Kier molecular flexibility index (Phi) is 4.85. The van der Waals surface area contributed by atoms with Gasteiger partial charge in [-0.2, -0.15) is 0 Å². The summed E-state index contributed by atoms with van der Waals surface area (Å²) in [6.45, 7) is 4.02. The molecular formula is C21H26N4O2. The molecule has 0 spiro atoms. The molecule has 6 nitrogen and oxygen atoms in total. The first kappa shape index (κ1) is 17.9. The van der Waals surface area contributed by atoms with Crippen molar-refractivity contribution < 1.29 is 9.90 Å². The molecule has 2 aliphatic rings. The highest BCUT2D eigenvalue weighted by Crippen LogP contribution is 2.42. The standard InChI is InChI=1S/C21H26N4O2/c1-23-16-22-10-19(23)20(27)25-12-18-11-24(13-21(18,14-25)15-26)9-5-8-17-6-3-2-4-7-17/h2-8,10,16,18,26H,9,11-15H2,1H3/b8-5+. The number of aliphatic hydroxyl groups excluding tert-OH is 1. The molecule has 0 radical (unpaired) electrons. The Labute approximate surface area is 159 Å². The van der Waals surface area contributed by atoms with Crippen LogP contribution in [0.2, 0.25) is 0 Å². The third-order valence-corrected chi connectivity index (χ3v) is 5.94. The van der Waals surface area contributed by atoms with Crippen molar-refractivity contribution >= 4 is 12.0 Å². The molecule has 0 bridgehead atoms. The third-order valence-electron chi connectivity index (χ3n) is 5.94. The van der Waals surface area contributed by atoms with Gasteiger partial charge in [0.1, 0.15) is 5.69 Å². The van der Waals surface area contributed by atoms with Gasteiger partial charge in [-0.25, -0.2) is 4.98 Å². The van der Waals surface area contributed by atoms with E-state index in [0.29, 0.717) is 24.7 Å². The Hall–Kier alpha value is -2.44. The van der Waals surface area contributed by atoms with Crippen molar-refractivity contribution in [2.45, 2.75) is 0 Å². The maximum atomic E-state index is 12.8. The Morgan fingerprint density at radius 3 is 2.78 bits per heavy atom. The van der Waals surface area contributed by atoms with Crippen molar-refractivity contribution in [1.29, 1.82) is 0 Å². The fourth-order valence-corrected chi connectivity index (χ4v) is 4.44. The van der Waals surface area contributed by atoms with Crippen molar-refractivity contribution in [2.24, 2.45) is 18.4 Å². The van der Waals surface area contributed by atoms with Crippen LogP contribution in [0, 0.1) is 11.3 Å². The number of rotatable bonds is 5. The van der Waals surface area contributed by atoms with Crippen molar-refractivity contribution in [2.75, 3.05) is 39.3 Å². The lowest BCUT2D eigenvalue weighted by Gasteiger charge is -2.27. The van der Waals surface area contributed by atoms with E-state index in [1.54, 1.807) is 17.1 Å². The maximum Gasteiger partial charge on any atom is 0.272 e. The van der Waals surface area contributed by atoms with Crippen LogP contribution < -0.4 is 0 Å². The van der Waals surface area contributed by atoms with Gasteiger partial charge < -0.3 is 14.6 Å². The summed E-state index contributed by atoms with van der Waals surface area (Å²) in [4.78, 5) is 21.1. The van der Waals surface area contributed by atoms with Crippen LogP contribution in [0.1, 0.15) is 16.1 Å². The summed E-state index contributed by atoms with van der Waals surface area (Å²) in [7, 11) is 1.83. The van der Waals surface area contributed by atoms with Gasteiger partial charge in [0.2, 0.25) is 0 Å². The number of aryl methyl sites for hydroxylation is 1. The van der Waals surface area contributed by atoms with E-state index in [4.69, 9.17) is 0 Å². The zero-order valence-corrected chi connectivity index (χ0v) is 15.7. The van der Waals surface area contributed by atoms with E-state index in [1.807, 2.05) is 30.1 Å². The Morgan fingerprint density at radius 2 is 2.11 bits per heavy atom. The van der Waals surface area contributed by atoms with E-state index in [-0.39, 0.29) is 17.9 Å². The molecule has 1 aromatic heterocycles. The molecule has 2 aliphatic heterocycles. The predicted molar refractivity (Wildman–Crippen MR) is 104 cm³/mol. The minimum absolute atomic E-state index is 0.00717. The average Bonchev–Trinajstić information content (AvgIpc) is 3.34. The van der Waals surface area contributed by atoms with Crippen molar-refractivity contribution in [3.05, 3.63) is 60.2 Å². The first-order valence-corrected chi connectivity index (χ1v) is 9.42. The van der Waals surface area contributed by atoms with Crippen molar-refractivity contribution in [1.82, 2.24) is 19.4 Å². The molecule has 6 heteroatoms. The SMILES string of the molecule is Cn1cncc1C(=O)N1CC2CN(C/C=C/c3ccccc3)CC2(CO)C1. The number of aromatic nitrogens is 2. The molecule has 1 amide bonds. The van der Waals surface area contributed by atoms with Crippen LogP contribution in [0.5, 0.6) is 0 Å². The first-order chi connectivity index (χ1) is 13.1. The van der Waals surface area contributed by atoms with Crippen LogP contribution in [-0.2, 0) is 7.05 Å². The van der Waals surface area contributed by atoms with Gasteiger partial charge in [-0.1, -0.05) is 42.5 Å². The zero-order chi connectivity index (χ0) is 18.9. The van der Waals surface area contributed by atoms with Crippen LogP contribution in [-0.4, -0.2) is 69.7 Å². The van der Waals surface area contributed by atoms with Crippen LogP contribution in [0.25, 0.3) is 6.08 Å². The molecule has 1 N–H and O–H groups in total. The highest BCUT2D eigenvalue weighted by molar-refractivity contribution is 5.92. The second-order valence-electron chi connectivity index (χ2n) is 7.80. The molecule has 0 aliphatic carbocycles. The summed E-state index contributed by atoms with van der Waals surface area (Å²) in [5, 5.41) is 10.1. The molecule has 142 valence electrons. The molecule has 2 unspecified atom stereocenters. The van der Waals surface area contributed by atoms with Gasteiger partial charge >= 0.3 is 0 Å². The number of fused-ring (bicyclic) bond motifs is 1. The fraction of sp³-hybridized carbons (Fsp3) is 0.429. The molecule has 3 heterocycles. The number of amides is 1. The number of nitrogens with zero attached hydrogens (tertiary/aromatic N) is 4. The van der Waals surface area contributed by atoms with Gasteiger partial charge in [0, 0.05) is 45.2 Å². The highest BCUT2D eigenvalue weighted by atomic mass is 16.3. The van der Waals surface area contributed by atoms with Gasteiger partial charge in [-0.05, 0) is 11.5 Å². The summed E-state index contributed by atoms with van der Waals surface area (Å²) >= 11 is 0. The molecular weight excluding hydrogens is 340 g/mol. The Bertz CT molecular complexity index is 832. The lowest BCUT2D eigenvalue weighted by atomic mass is 9.82. The Balaban J connectivity index is 1.39. The molecule has 4 rings (SSSR count). The van der Waals surface area contributed by atoms with Crippen molar-refractivity contribution in [3.8, 4) is 0 Å². The van der Waals surface area contributed by atoms with E-state index < -0.39 is 0 Å². The fourth-order valence-electron chi connectivity index (χ4n) is 4.44. The summed E-state index contributed by atoms with van der Waals surface area (Å²) in [5.41, 5.74) is 1.59. The molecule has 2 saturated heterocycles. The second-order valence-corrected chi connectivity index (χ2v) is 7.80. The normalized spacial score (nSPS) is 25.4. The number of benzene rings is 1. The zero-order valence-electron chi connectivity index (χ0n) is 15.7. The molecule has 2 fully saturated rings. The molecule has 2 atom stereocenters. The van der Waals surface area contributed by atoms with E-state index in [2.05, 4.69) is 34.2 Å². The smallest absolute Gasteiger partial charge is 0.272 e. The van der Waals surface area contributed by atoms with Gasteiger partial charge in [0.05, 0.1) is 19.1 Å². The van der Waals surface area contributed by atoms with Crippen LogP contribution >= 0.6 is 0 Å². The van der Waals surface area contributed by atoms with E-state index in [0.717, 1.165) is 19.6 Å². The van der Waals surface area contributed by atoms with Gasteiger partial charge in [-0.15, -0.1) is 0 Å².